The largest absolute Gasteiger partial charge is 0.508 e. The second kappa shape index (κ2) is 8.35. The number of carbonyl (C=O) groups excluding carboxylic acids is 2. The van der Waals surface area contributed by atoms with Crippen molar-refractivity contribution in [3.63, 3.8) is 0 Å². The zero-order valence-corrected chi connectivity index (χ0v) is 17.1. The van der Waals surface area contributed by atoms with Crippen LogP contribution in [0.2, 0.25) is 0 Å². The average molecular weight is 419 g/mol. The first-order chi connectivity index (χ1) is 15.0. The van der Waals surface area contributed by atoms with Gasteiger partial charge in [0, 0.05) is 11.2 Å². The lowest BCUT2D eigenvalue weighted by Crippen LogP contribution is -2.17. The van der Waals surface area contributed by atoms with Gasteiger partial charge in [0.15, 0.2) is 0 Å². The smallest absolute Gasteiger partial charge is 0.345 e. The van der Waals surface area contributed by atoms with E-state index in [4.69, 9.17) is 9.47 Å². The van der Waals surface area contributed by atoms with Gasteiger partial charge in [-0.15, -0.1) is 0 Å². The van der Waals surface area contributed by atoms with Gasteiger partial charge in [0.2, 0.25) is 0 Å². The molecule has 0 aliphatic heterocycles. The third kappa shape index (κ3) is 4.00. The fourth-order valence-corrected chi connectivity index (χ4v) is 3.48. The molecule has 0 atom stereocenters. The van der Waals surface area contributed by atoms with Crippen LogP contribution in [-0.2, 0) is 25.6 Å². The molecule has 0 amide bonds. The summed E-state index contributed by atoms with van der Waals surface area (Å²) < 4.78 is 11.8. The highest BCUT2D eigenvalue weighted by Gasteiger charge is 2.23. The topological polar surface area (TPSA) is 106 Å². The van der Waals surface area contributed by atoms with Crippen LogP contribution in [-0.4, -0.2) is 45.3 Å². The van der Waals surface area contributed by atoms with Gasteiger partial charge >= 0.3 is 11.9 Å². The third-order valence-electron chi connectivity index (χ3n) is 4.98. The van der Waals surface area contributed by atoms with Gasteiger partial charge in [-0.1, -0.05) is 30.3 Å². The first kappa shape index (κ1) is 20.2. The van der Waals surface area contributed by atoms with Crippen molar-refractivity contribution < 1.29 is 24.2 Å². The molecular weight excluding hydrogens is 398 g/mol. The molecule has 0 bridgehead atoms. The zero-order valence-electron chi connectivity index (χ0n) is 17.1. The van der Waals surface area contributed by atoms with Crippen LogP contribution in [0, 0.1) is 6.92 Å². The number of aliphatic hydroxyl groups is 1. The van der Waals surface area contributed by atoms with Crippen molar-refractivity contribution in [2.45, 2.75) is 13.5 Å². The maximum Gasteiger partial charge on any atom is 0.345 e. The first-order valence-corrected chi connectivity index (χ1v) is 9.64. The number of methoxy groups -OCH3 is 1. The summed E-state index contributed by atoms with van der Waals surface area (Å²) in [7, 11) is 1.20. The van der Waals surface area contributed by atoms with E-state index >= 15 is 0 Å². The summed E-state index contributed by atoms with van der Waals surface area (Å²) in [6.07, 6.45) is 0. The normalized spacial score (nSPS) is 12.1. The maximum absolute atomic E-state index is 12.4. The standard InChI is InChI=1S/C23H21N3O5/c1-14-11-15-7-3-6-10-18(15)26(14)12-20(28)31-13-19(27)21(23(29)30-2)22-24-16-8-4-5-9-17(16)25-22/h3-11,27H,12-13H2,1-2H3,(H,24,25)/b21-19+. The fraction of sp³-hybridized carbons (Fsp3) is 0.174. The molecule has 2 N–H and O–H groups in total. The molecule has 0 radical (unpaired) electrons. The zero-order chi connectivity index (χ0) is 22.0. The summed E-state index contributed by atoms with van der Waals surface area (Å²) >= 11 is 0. The number of fused-ring (bicyclic) bond motifs is 2. The highest BCUT2D eigenvalue weighted by atomic mass is 16.5. The predicted molar refractivity (Wildman–Crippen MR) is 115 cm³/mol. The van der Waals surface area contributed by atoms with Crippen LogP contribution in [0.5, 0.6) is 0 Å². The maximum atomic E-state index is 12.4. The van der Waals surface area contributed by atoms with E-state index in [0.29, 0.717) is 11.0 Å². The monoisotopic (exact) mass is 419 g/mol. The van der Waals surface area contributed by atoms with Gasteiger partial charge in [-0.25, -0.2) is 9.78 Å². The van der Waals surface area contributed by atoms with E-state index in [0.717, 1.165) is 16.6 Å². The molecule has 0 aliphatic rings. The molecule has 31 heavy (non-hydrogen) atoms. The molecule has 4 aromatic rings. The van der Waals surface area contributed by atoms with E-state index in [9.17, 15) is 14.7 Å². The number of ether oxygens (including phenoxy) is 2. The van der Waals surface area contributed by atoms with Gasteiger partial charge in [-0.05, 0) is 36.6 Å². The lowest BCUT2D eigenvalue weighted by Gasteiger charge is -2.10. The Hall–Kier alpha value is -4.07. The number of imidazole rings is 1. The molecule has 4 rings (SSSR count). The number of aryl methyl sites for hydroxylation is 1. The van der Waals surface area contributed by atoms with Crippen molar-refractivity contribution in [1.29, 1.82) is 0 Å². The van der Waals surface area contributed by atoms with Crippen LogP contribution >= 0.6 is 0 Å². The van der Waals surface area contributed by atoms with E-state index in [1.54, 1.807) is 12.1 Å². The van der Waals surface area contributed by atoms with Crippen LogP contribution in [0.3, 0.4) is 0 Å². The summed E-state index contributed by atoms with van der Waals surface area (Å²) in [5.41, 5.74) is 2.95. The van der Waals surface area contributed by atoms with E-state index in [1.165, 1.54) is 7.11 Å². The second-order valence-corrected chi connectivity index (χ2v) is 7.01. The number of aromatic amines is 1. The average Bonchev–Trinajstić information content (AvgIpc) is 3.33. The van der Waals surface area contributed by atoms with E-state index in [-0.39, 0.29) is 17.9 Å². The van der Waals surface area contributed by atoms with Gasteiger partial charge in [0.1, 0.15) is 30.3 Å². The Kier molecular flexibility index (Phi) is 5.44. The Morgan fingerprint density at radius 3 is 2.65 bits per heavy atom. The molecule has 0 fully saturated rings. The second-order valence-electron chi connectivity index (χ2n) is 7.01. The highest BCUT2D eigenvalue weighted by molar-refractivity contribution is 6.16. The van der Waals surface area contributed by atoms with Crippen molar-refractivity contribution in [2.24, 2.45) is 0 Å². The minimum atomic E-state index is -0.792. The van der Waals surface area contributed by atoms with E-state index in [2.05, 4.69) is 9.97 Å². The lowest BCUT2D eigenvalue weighted by molar-refractivity contribution is -0.144. The molecule has 158 valence electrons. The Morgan fingerprint density at radius 2 is 1.87 bits per heavy atom. The van der Waals surface area contributed by atoms with E-state index < -0.39 is 24.3 Å². The predicted octanol–water partition coefficient (Wildman–Crippen LogP) is 3.51. The number of aliphatic hydroxyl groups excluding tert-OH is 1. The fourth-order valence-electron chi connectivity index (χ4n) is 3.48. The number of nitrogens with one attached hydrogen (secondary N) is 1. The Morgan fingerprint density at radius 1 is 1.13 bits per heavy atom. The van der Waals surface area contributed by atoms with Crippen molar-refractivity contribution in [1.82, 2.24) is 14.5 Å². The number of aromatic nitrogens is 3. The molecule has 8 nitrogen and oxygen atoms in total. The quantitative estimate of drug-likeness (QED) is 0.281. The Bertz CT molecular complexity index is 1280. The molecule has 0 unspecified atom stereocenters. The molecule has 2 aromatic heterocycles. The number of hydrogen-bond donors (Lipinski definition) is 2. The van der Waals surface area contributed by atoms with Crippen LogP contribution in [0.4, 0.5) is 0 Å². The SMILES string of the molecule is COC(=O)/C(=C(/O)COC(=O)Cn1c(C)cc2ccccc21)c1nc2ccccc2[nH]1. The van der Waals surface area contributed by atoms with Gasteiger partial charge in [0.05, 0.1) is 18.1 Å². The summed E-state index contributed by atoms with van der Waals surface area (Å²) in [6, 6.07) is 16.9. The number of rotatable bonds is 6. The molecule has 0 aliphatic carbocycles. The van der Waals surface area contributed by atoms with E-state index in [1.807, 2.05) is 54.0 Å². The number of benzene rings is 2. The van der Waals surface area contributed by atoms with Crippen LogP contribution in [0.25, 0.3) is 27.5 Å². The van der Waals surface area contributed by atoms with Crippen molar-refractivity contribution in [3.05, 3.63) is 71.9 Å². The minimum Gasteiger partial charge on any atom is -0.508 e. The lowest BCUT2D eigenvalue weighted by atomic mass is 10.2. The number of hydrogen-bond acceptors (Lipinski definition) is 6. The number of nitrogens with zero attached hydrogens (tertiary/aromatic N) is 2. The molecule has 0 spiro atoms. The number of H-pyrrole nitrogens is 1. The van der Waals surface area contributed by atoms with Gasteiger partial charge in [-0.2, -0.15) is 0 Å². The number of esters is 2. The summed E-state index contributed by atoms with van der Waals surface area (Å²) in [4.78, 5) is 32.0. The molecule has 8 heteroatoms. The molecule has 2 aromatic carbocycles. The van der Waals surface area contributed by atoms with Crippen molar-refractivity contribution in [3.8, 4) is 0 Å². The van der Waals surface area contributed by atoms with Gasteiger partial charge in [-0.3, -0.25) is 4.79 Å². The molecule has 2 heterocycles. The van der Waals surface area contributed by atoms with Crippen LogP contribution < -0.4 is 0 Å². The van der Waals surface area contributed by atoms with Crippen LogP contribution in [0.15, 0.2) is 60.4 Å². The van der Waals surface area contributed by atoms with Crippen molar-refractivity contribution in [2.75, 3.05) is 13.7 Å². The number of para-hydroxylation sites is 3. The molecular formula is C23H21N3O5. The Balaban J connectivity index is 1.55. The molecule has 0 saturated carbocycles. The summed E-state index contributed by atoms with van der Waals surface area (Å²) in [5, 5.41) is 11.5. The molecule has 0 saturated heterocycles. The van der Waals surface area contributed by atoms with Crippen LogP contribution in [0.1, 0.15) is 11.5 Å². The summed E-state index contributed by atoms with van der Waals surface area (Å²) in [6.45, 7) is 1.39. The van der Waals surface area contributed by atoms with Gasteiger partial charge in [0.25, 0.3) is 0 Å². The van der Waals surface area contributed by atoms with Gasteiger partial charge < -0.3 is 24.1 Å². The first-order valence-electron chi connectivity index (χ1n) is 9.64. The minimum absolute atomic E-state index is 0.0230. The Labute approximate surface area is 177 Å². The summed E-state index contributed by atoms with van der Waals surface area (Å²) in [5.74, 6) is -1.66. The highest BCUT2D eigenvalue weighted by Crippen LogP contribution is 2.22. The number of carbonyl (C=O) groups is 2. The van der Waals surface area contributed by atoms with Crippen molar-refractivity contribution >= 4 is 39.4 Å². The third-order valence-corrected chi connectivity index (χ3v) is 4.98.